The van der Waals surface area contributed by atoms with Gasteiger partial charge < -0.3 is 10.2 Å². The van der Waals surface area contributed by atoms with Crippen LogP contribution in [0.4, 0.5) is 14.5 Å². The molecule has 4 heteroatoms. The molecule has 0 spiro atoms. The molecule has 21 heavy (non-hydrogen) atoms. The van der Waals surface area contributed by atoms with E-state index in [-0.39, 0.29) is 11.7 Å². The van der Waals surface area contributed by atoms with E-state index in [0.29, 0.717) is 24.7 Å². The molecule has 118 valence electrons. The summed E-state index contributed by atoms with van der Waals surface area (Å²) < 4.78 is 28.8. The van der Waals surface area contributed by atoms with Gasteiger partial charge in [0.05, 0.1) is 0 Å². The van der Waals surface area contributed by atoms with Gasteiger partial charge in [-0.1, -0.05) is 26.7 Å². The van der Waals surface area contributed by atoms with E-state index in [2.05, 4.69) is 5.32 Å². The molecule has 2 rings (SSSR count). The van der Waals surface area contributed by atoms with Crippen LogP contribution in [0.3, 0.4) is 0 Å². The molecule has 1 aliphatic rings. The molecule has 0 atom stereocenters. The lowest BCUT2D eigenvalue weighted by Crippen LogP contribution is -2.34. The molecule has 2 nitrogen and oxygen atoms in total. The van der Waals surface area contributed by atoms with Crippen LogP contribution in [0.15, 0.2) is 12.1 Å². The standard InChI is InChI=1S/C17H26F2N2/c1-4-21(14-7-5-6-8-14)17-15(18)9-13(10-16(17)19)11-20-12(2)3/h9-10,12,14,20H,4-8,11H2,1-3H3. The summed E-state index contributed by atoms with van der Waals surface area (Å²) in [4.78, 5) is 1.90. The average molecular weight is 296 g/mol. The van der Waals surface area contributed by atoms with Gasteiger partial charge in [-0.25, -0.2) is 8.78 Å². The first-order valence-electron chi connectivity index (χ1n) is 8.00. The molecule has 0 saturated heterocycles. The van der Waals surface area contributed by atoms with E-state index in [9.17, 15) is 8.78 Å². The Bertz CT molecular complexity index is 445. The van der Waals surface area contributed by atoms with Gasteiger partial charge >= 0.3 is 0 Å². The summed E-state index contributed by atoms with van der Waals surface area (Å²) in [7, 11) is 0. The Balaban J connectivity index is 2.22. The van der Waals surface area contributed by atoms with Crippen LogP contribution >= 0.6 is 0 Å². The number of nitrogens with one attached hydrogen (secondary N) is 1. The Labute approximate surface area is 126 Å². The summed E-state index contributed by atoms with van der Waals surface area (Å²) in [5.41, 5.74) is 0.808. The second-order valence-corrected chi connectivity index (χ2v) is 6.17. The van der Waals surface area contributed by atoms with E-state index in [1.807, 2.05) is 25.7 Å². The van der Waals surface area contributed by atoms with Crippen molar-refractivity contribution in [2.24, 2.45) is 0 Å². The van der Waals surface area contributed by atoms with E-state index >= 15 is 0 Å². The van der Waals surface area contributed by atoms with Crippen LogP contribution in [0, 0.1) is 11.6 Å². The fourth-order valence-corrected chi connectivity index (χ4v) is 3.13. The number of nitrogens with zero attached hydrogens (tertiary/aromatic N) is 1. The van der Waals surface area contributed by atoms with Gasteiger partial charge in [-0.3, -0.25) is 0 Å². The van der Waals surface area contributed by atoms with Crippen molar-refractivity contribution >= 4 is 5.69 Å². The molecule has 0 aliphatic heterocycles. The van der Waals surface area contributed by atoms with Crippen molar-refractivity contribution in [1.29, 1.82) is 0 Å². The number of hydrogen-bond acceptors (Lipinski definition) is 2. The van der Waals surface area contributed by atoms with Crippen molar-refractivity contribution < 1.29 is 8.78 Å². The minimum atomic E-state index is -0.440. The summed E-state index contributed by atoms with van der Waals surface area (Å²) >= 11 is 0. The molecule has 0 aromatic heterocycles. The summed E-state index contributed by atoms with van der Waals surface area (Å²) in [6.07, 6.45) is 4.37. The lowest BCUT2D eigenvalue weighted by Gasteiger charge is -2.30. The van der Waals surface area contributed by atoms with Crippen LogP contribution in [-0.2, 0) is 6.54 Å². The Morgan fingerprint density at radius 2 is 1.76 bits per heavy atom. The van der Waals surface area contributed by atoms with Gasteiger partial charge in [0.15, 0.2) is 0 Å². The smallest absolute Gasteiger partial charge is 0.149 e. The average Bonchev–Trinajstić information content (AvgIpc) is 2.94. The van der Waals surface area contributed by atoms with Gasteiger partial charge in [0.25, 0.3) is 0 Å². The zero-order chi connectivity index (χ0) is 15.4. The molecule has 1 aliphatic carbocycles. The first kappa shape index (κ1) is 16.2. The minimum absolute atomic E-state index is 0.151. The maximum absolute atomic E-state index is 14.4. The molecule has 0 amide bonds. The third-order valence-electron chi connectivity index (χ3n) is 4.18. The molecular weight excluding hydrogens is 270 g/mol. The second kappa shape index (κ2) is 7.21. The molecule has 1 fully saturated rings. The highest BCUT2D eigenvalue weighted by molar-refractivity contribution is 5.51. The fraction of sp³-hybridized carbons (Fsp3) is 0.647. The van der Waals surface area contributed by atoms with Crippen LogP contribution in [0.2, 0.25) is 0 Å². The number of halogens is 2. The zero-order valence-corrected chi connectivity index (χ0v) is 13.3. The van der Waals surface area contributed by atoms with Gasteiger partial charge in [-0.2, -0.15) is 0 Å². The lowest BCUT2D eigenvalue weighted by atomic mass is 10.1. The van der Waals surface area contributed by atoms with E-state index in [0.717, 1.165) is 25.7 Å². The van der Waals surface area contributed by atoms with Crippen molar-refractivity contribution in [2.75, 3.05) is 11.4 Å². The third-order valence-corrected chi connectivity index (χ3v) is 4.18. The number of benzene rings is 1. The molecule has 0 bridgehead atoms. The fourth-order valence-electron chi connectivity index (χ4n) is 3.13. The van der Waals surface area contributed by atoms with E-state index in [1.54, 1.807) is 0 Å². The van der Waals surface area contributed by atoms with Gasteiger partial charge in [-0.15, -0.1) is 0 Å². The predicted octanol–water partition coefficient (Wildman–Crippen LogP) is 4.23. The van der Waals surface area contributed by atoms with Crippen LogP contribution in [0.25, 0.3) is 0 Å². The SMILES string of the molecule is CCN(c1c(F)cc(CNC(C)C)cc1F)C1CCCC1. The maximum atomic E-state index is 14.4. The summed E-state index contributed by atoms with van der Waals surface area (Å²) in [5, 5.41) is 3.19. The molecule has 0 heterocycles. The molecule has 1 aromatic carbocycles. The predicted molar refractivity (Wildman–Crippen MR) is 83.6 cm³/mol. The normalized spacial score (nSPS) is 15.9. The highest BCUT2D eigenvalue weighted by atomic mass is 19.1. The van der Waals surface area contributed by atoms with Crippen LogP contribution < -0.4 is 10.2 Å². The van der Waals surface area contributed by atoms with Crippen molar-refractivity contribution in [3.8, 4) is 0 Å². The van der Waals surface area contributed by atoms with Crippen molar-refractivity contribution in [3.05, 3.63) is 29.3 Å². The summed E-state index contributed by atoms with van der Waals surface area (Å²) in [6, 6.07) is 3.50. The van der Waals surface area contributed by atoms with Crippen LogP contribution in [-0.4, -0.2) is 18.6 Å². The molecule has 0 unspecified atom stereocenters. The van der Waals surface area contributed by atoms with Gasteiger partial charge in [0, 0.05) is 25.2 Å². The zero-order valence-electron chi connectivity index (χ0n) is 13.3. The minimum Gasteiger partial charge on any atom is -0.364 e. The van der Waals surface area contributed by atoms with Gasteiger partial charge in [0.2, 0.25) is 0 Å². The number of rotatable bonds is 6. The highest BCUT2D eigenvalue weighted by Gasteiger charge is 2.26. The number of anilines is 1. The number of hydrogen-bond donors (Lipinski definition) is 1. The molecule has 1 N–H and O–H groups in total. The van der Waals surface area contributed by atoms with Crippen molar-refractivity contribution in [3.63, 3.8) is 0 Å². The monoisotopic (exact) mass is 296 g/mol. The molecule has 0 radical (unpaired) electrons. The lowest BCUT2D eigenvalue weighted by molar-refractivity contribution is 0.533. The van der Waals surface area contributed by atoms with Crippen LogP contribution in [0.5, 0.6) is 0 Å². The van der Waals surface area contributed by atoms with E-state index in [1.165, 1.54) is 12.1 Å². The Morgan fingerprint density at radius 1 is 1.19 bits per heavy atom. The Morgan fingerprint density at radius 3 is 2.24 bits per heavy atom. The largest absolute Gasteiger partial charge is 0.364 e. The maximum Gasteiger partial charge on any atom is 0.149 e. The Hall–Kier alpha value is -1.16. The first-order valence-corrected chi connectivity index (χ1v) is 8.00. The molecule has 1 saturated carbocycles. The topological polar surface area (TPSA) is 15.3 Å². The van der Waals surface area contributed by atoms with Gasteiger partial charge in [0.1, 0.15) is 17.3 Å². The van der Waals surface area contributed by atoms with Crippen LogP contribution in [0.1, 0.15) is 52.0 Å². The van der Waals surface area contributed by atoms with E-state index in [4.69, 9.17) is 0 Å². The molecular formula is C17H26F2N2. The summed E-state index contributed by atoms with van der Waals surface area (Å²) in [6.45, 7) is 7.12. The first-order chi connectivity index (χ1) is 10.0. The van der Waals surface area contributed by atoms with Gasteiger partial charge in [-0.05, 0) is 37.5 Å². The third kappa shape index (κ3) is 3.94. The van der Waals surface area contributed by atoms with Crippen molar-refractivity contribution in [1.82, 2.24) is 5.32 Å². The highest BCUT2D eigenvalue weighted by Crippen LogP contribution is 2.32. The Kier molecular flexibility index (Phi) is 5.57. The van der Waals surface area contributed by atoms with Crippen molar-refractivity contribution in [2.45, 2.75) is 65.1 Å². The second-order valence-electron chi connectivity index (χ2n) is 6.17. The quantitative estimate of drug-likeness (QED) is 0.845. The molecule has 1 aromatic rings. The van der Waals surface area contributed by atoms with E-state index < -0.39 is 11.6 Å². The summed E-state index contributed by atoms with van der Waals surface area (Å²) in [5.74, 6) is -0.881.